The third kappa shape index (κ3) is 2.62. The Labute approximate surface area is 104 Å². The Bertz CT molecular complexity index is 510. The molecule has 0 fully saturated rings. The minimum absolute atomic E-state index is 0.0869. The summed E-state index contributed by atoms with van der Waals surface area (Å²) in [7, 11) is 1.74. The maximum absolute atomic E-state index is 12.1. The molecule has 0 spiro atoms. The topological polar surface area (TPSA) is 59.2 Å². The number of hydrogen-bond acceptors (Lipinski definition) is 4. The molecule has 88 valence electrons. The number of amides is 1. The molecule has 0 atom stereocenters. The highest BCUT2D eigenvalue weighted by Crippen LogP contribution is 2.14. The van der Waals surface area contributed by atoms with Gasteiger partial charge in [-0.3, -0.25) is 4.79 Å². The summed E-state index contributed by atoms with van der Waals surface area (Å²) >= 11 is 1.52. The number of rotatable bonds is 3. The fraction of sp³-hybridized carbons (Fsp3) is 0.167. The molecule has 4 nitrogen and oxygen atoms in total. The van der Waals surface area contributed by atoms with E-state index in [9.17, 15) is 4.79 Å². The van der Waals surface area contributed by atoms with Gasteiger partial charge >= 0.3 is 0 Å². The van der Waals surface area contributed by atoms with Gasteiger partial charge < -0.3 is 10.6 Å². The molecule has 1 aromatic heterocycles. The Morgan fingerprint density at radius 2 is 2.24 bits per heavy atom. The Morgan fingerprint density at radius 3 is 2.88 bits per heavy atom. The number of nitrogen functional groups attached to an aromatic ring is 1. The van der Waals surface area contributed by atoms with Crippen molar-refractivity contribution in [3.63, 3.8) is 0 Å². The fourth-order valence-corrected chi connectivity index (χ4v) is 2.08. The van der Waals surface area contributed by atoms with E-state index < -0.39 is 0 Å². The Balaban J connectivity index is 2.13. The summed E-state index contributed by atoms with van der Waals surface area (Å²) in [5.74, 6) is -0.0869. The maximum Gasteiger partial charge on any atom is 0.256 e. The number of para-hydroxylation sites is 1. The molecule has 0 radical (unpaired) electrons. The third-order valence-electron chi connectivity index (χ3n) is 2.42. The maximum atomic E-state index is 12.1. The summed E-state index contributed by atoms with van der Waals surface area (Å²) in [6.07, 6.45) is 0. The third-order valence-corrected chi connectivity index (χ3v) is 3.06. The predicted octanol–water partition coefficient (Wildman–Crippen LogP) is 2.00. The number of nitrogens with zero attached hydrogens (tertiary/aromatic N) is 2. The average Bonchev–Trinajstić information content (AvgIpc) is 2.81. The molecule has 1 aromatic carbocycles. The zero-order valence-corrected chi connectivity index (χ0v) is 10.3. The molecule has 0 saturated carbocycles. The molecule has 0 aliphatic rings. The van der Waals surface area contributed by atoms with Crippen LogP contribution in [-0.2, 0) is 6.54 Å². The number of carbonyl (C=O) groups excluding carboxylic acids is 1. The lowest BCUT2D eigenvalue weighted by atomic mass is 10.1. The minimum Gasteiger partial charge on any atom is -0.398 e. The monoisotopic (exact) mass is 247 g/mol. The highest BCUT2D eigenvalue weighted by molar-refractivity contribution is 7.07. The van der Waals surface area contributed by atoms with Crippen LogP contribution in [0.1, 0.15) is 16.1 Å². The van der Waals surface area contributed by atoms with E-state index in [0.29, 0.717) is 17.8 Å². The molecule has 0 bridgehead atoms. The second-order valence-corrected chi connectivity index (χ2v) is 4.45. The summed E-state index contributed by atoms with van der Waals surface area (Å²) in [5.41, 5.74) is 9.45. The van der Waals surface area contributed by atoms with Crippen LogP contribution in [-0.4, -0.2) is 22.8 Å². The zero-order chi connectivity index (χ0) is 12.3. The first kappa shape index (κ1) is 11.6. The first-order chi connectivity index (χ1) is 8.18. The van der Waals surface area contributed by atoms with Crippen LogP contribution in [0.4, 0.5) is 5.69 Å². The smallest absolute Gasteiger partial charge is 0.256 e. The summed E-state index contributed by atoms with van der Waals surface area (Å²) in [4.78, 5) is 17.9. The normalized spacial score (nSPS) is 10.2. The lowest BCUT2D eigenvalue weighted by Crippen LogP contribution is -2.27. The van der Waals surface area contributed by atoms with Crippen LogP contribution < -0.4 is 5.73 Å². The number of aromatic nitrogens is 1. The zero-order valence-electron chi connectivity index (χ0n) is 9.46. The highest BCUT2D eigenvalue weighted by atomic mass is 32.1. The number of anilines is 1. The van der Waals surface area contributed by atoms with Gasteiger partial charge in [-0.1, -0.05) is 12.1 Å². The molecule has 1 heterocycles. The second-order valence-electron chi connectivity index (χ2n) is 3.73. The van der Waals surface area contributed by atoms with Crippen LogP contribution in [0.5, 0.6) is 0 Å². The number of hydrogen-bond donors (Lipinski definition) is 1. The van der Waals surface area contributed by atoms with Crippen molar-refractivity contribution in [2.45, 2.75) is 6.54 Å². The van der Waals surface area contributed by atoms with E-state index in [0.717, 1.165) is 5.69 Å². The van der Waals surface area contributed by atoms with Gasteiger partial charge in [0.1, 0.15) is 0 Å². The van der Waals surface area contributed by atoms with Gasteiger partial charge in [0.05, 0.1) is 23.3 Å². The summed E-state index contributed by atoms with van der Waals surface area (Å²) < 4.78 is 0. The number of carbonyl (C=O) groups is 1. The molecule has 2 N–H and O–H groups in total. The molecule has 0 unspecified atom stereocenters. The summed E-state index contributed by atoms with van der Waals surface area (Å²) in [6, 6.07) is 7.08. The Kier molecular flexibility index (Phi) is 3.39. The number of benzene rings is 1. The van der Waals surface area contributed by atoms with Gasteiger partial charge in [-0.25, -0.2) is 4.98 Å². The molecule has 0 aliphatic heterocycles. The molecule has 17 heavy (non-hydrogen) atoms. The second kappa shape index (κ2) is 4.97. The molecular formula is C12H13N3OS. The lowest BCUT2D eigenvalue weighted by molar-refractivity contribution is 0.0784. The van der Waals surface area contributed by atoms with E-state index >= 15 is 0 Å². The van der Waals surface area contributed by atoms with Crippen molar-refractivity contribution >= 4 is 22.9 Å². The molecule has 5 heteroatoms. The number of thiazole rings is 1. The number of nitrogens with two attached hydrogens (primary N) is 1. The van der Waals surface area contributed by atoms with Crippen molar-refractivity contribution in [3.8, 4) is 0 Å². The predicted molar refractivity (Wildman–Crippen MR) is 68.8 cm³/mol. The van der Waals surface area contributed by atoms with Gasteiger partial charge in [-0.2, -0.15) is 0 Å². The van der Waals surface area contributed by atoms with Crippen LogP contribution >= 0.6 is 11.3 Å². The summed E-state index contributed by atoms with van der Waals surface area (Å²) in [6.45, 7) is 0.497. The van der Waals surface area contributed by atoms with Crippen LogP contribution in [0.25, 0.3) is 0 Å². The molecule has 2 aromatic rings. The quantitative estimate of drug-likeness (QED) is 0.844. The standard InChI is InChI=1S/C12H13N3OS/c1-15(6-9-7-17-8-14-9)12(16)10-4-2-3-5-11(10)13/h2-5,7-8H,6,13H2,1H3. The largest absolute Gasteiger partial charge is 0.398 e. The van der Waals surface area contributed by atoms with Crippen molar-refractivity contribution in [3.05, 3.63) is 46.4 Å². The van der Waals surface area contributed by atoms with Gasteiger partial charge in [0.25, 0.3) is 5.91 Å². The molecule has 0 aliphatic carbocycles. The lowest BCUT2D eigenvalue weighted by Gasteiger charge is -2.16. The summed E-state index contributed by atoms with van der Waals surface area (Å²) in [5, 5.41) is 1.93. The van der Waals surface area contributed by atoms with E-state index in [-0.39, 0.29) is 5.91 Å². The van der Waals surface area contributed by atoms with Gasteiger partial charge in [-0.05, 0) is 12.1 Å². The highest BCUT2D eigenvalue weighted by Gasteiger charge is 2.14. The van der Waals surface area contributed by atoms with Crippen molar-refractivity contribution < 1.29 is 4.79 Å². The van der Waals surface area contributed by atoms with Crippen LogP contribution in [0.15, 0.2) is 35.2 Å². The van der Waals surface area contributed by atoms with E-state index in [1.807, 2.05) is 11.4 Å². The molecular weight excluding hydrogens is 234 g/mol. The first-order valence-corrected chi connectivity index (χ1v) is 6.10. The van der Waals surface area contributed by atoms with Gasteiger partial charge in [0, 0.05) is 18.1 Å². The average molecular weight is 247 g/mol. The van der Waals surface area contributed by atoms with Crippen molar-refractivity contribution in [1.29, 1.82) is 0 Å². The van der Waals surface area contributed by atoms with Crippen LogP contribution in [0, 0.1) is 0 Å². The van der Waals surface area contributed by atoms with E-state index in [4.69, 9.17) is 5.73 Å². The van der Waals surface area contributed by atoms with Crippen molar-refractivity contribution in [2.75, 3.05) is 12.8 Å². The van der Waals surface area contributed by atoms with Crippen LogP contribution in [0.2, 0.25) is 0 Å². The SMILES string of the molecule is CN(Cc1cscn1)C(=O)c1ccccc1N. The van der Waals surface area contributed by atoms with Crippen molar-refractivity contribution in [2.24, 2.45) is 0 Å². The molecule has 1 amide bonds. The Morgan fingerprint density at radius 1 is 1.47 bits per heavy atom. The van der Waals surface area contributed by atoms with E-state index in [1.165, 1.54) is 11.3 Å². The minimum atomic E-state index is -0.0869. The Hall–Kier alpha value is -1.88. The van der Waals surface area contributed by atoms with Gasteiger partial charge in [0.15, 0.2) is 0 Å². The van der Waals surface area contributed by atoms with Gasteiger partial charge in [0.2, 0.25) is 0 Å². The van der Waals surface area contributed by atoms with E-state index in [2.05, 4.69) is 4.98 Å². The molecule has 0 saturated heterocycles. The van der Waals surface area contributed by atoms with Gasteiger partial charge in [-0.15, -0.1) is 11.3 Å². The first-order valence-electron chi connectivity index (χ1n) is 5.15. The van der Waals surface area contributed by atoms with Crippen LogP contribution in [0.3, 0.4) is 0 Å². The van der Waals surface area contributed by atoms with E-state index in [1.54, 1.807) is 35.7 Å². The van der Waals surface area contributed by atoms with Crippen molar-refractivity contribution in [1.82, 2.24) is 9.88 Å². The fourth-order valence-electron chi connectivity index (χ4n) is 1.53. The molecule has 2 rings (SSSR count).